The molecular weight excluding hydrogens is 261 g/mol. The molecule has 1 unspecified atom stereocenters. The Morgan fingerprint density at radius 1 is 0.944 bits per heavy atom. The van der Waals surface area contributed by atoms with Gasteiger partial charge in [-0.1, -0.05) is 12.1 Å². The van der Waals surface area contributed by atoms with E-state index in [1.54, 1.807) is 6.07 Å². The fourth-order valence-electron chi connectivity index (χ4n) is 1.55. The molecule has 0 N–H and O–H groups in total. The van der Waals surface area contributed by atoms with E-state index in [4.69, 9.17) is 0 Å². The van der Waals surface area contributed by atoms with Gasteiger partial charge in [-0.3, -0.25) is 4.21 Å². The van der Waals surface area contributed by atoms with E-state index in [9.17, 15) is 17.4 Å². The Kier molecular flexibility index (Phi) is 3.81. The van der Waals surface area contributed by atoms with Gasteiger partial charge in [0.05, 0.1) is 21.4 Å². The van der Waals surface area contributed by atoms with Crippen molar-refractivity contribution in [3.63, 3.8) is 0 Å². The van der Waals surface area contributed by atoms with Crippen molar-refractivity contribution in [1.82, 2.24) is 0 Å². The Balaban J connectivity index is 2.24. The molecule has 0 spiro atoms. The van der Waals surface area contributed by atoms with Crippen molar-refractivity contribution in [1.29, 1.82) is 0 Å². The van der Waals surface area contributed by atoms with Crippen LogP contribution in [-0.4, -0.2) is 4.21 Å². The first-order chi connectivity index (χ1) is 8.56. The van der Waals surface area contributed by atoms with Crippen LogP contribution in [0.15, 0.2) is 47.4 Å². The second-order valence-corrected chi connectivity index (χ2v) is 5.12. The molecule has 0 bridgehead atoms. The molecule has 0 fully saturated rings. The van der Waals surface area contributed by atoms with Gasteiger partial charge in [-0.25, -0.2) is 13.2 Å². The Labute approximate surface area is 105 Å². The van der Waals surface area contributed by atoms with Crippen molar-refractivity contribution in [2.24, 2.45) is 0 Å². The van der Waals surface area contributed by atoms with E-state index in [2.05, 4.69) is 0 Å². The van der Waals surface area contributed by atoms with Gasteiger partial charge in [0.2, 0.25) is 0 Å². The molecule has 0 saturated carbocycles. The highest BCUT2D eigenvalue weighted by molar-refractivity contribution is 7.84. The van der Waals surface area contributed by atoms with Crippen LogP contribution in [0.2, 0.25) is 0 Å². The van der Waals surface area contributed by atoms with E-state index >= 15 is 0 Å². The first-order valence-electron chi connectivity index (χ1n) is 5.14. The van der Waals surface area contributed by atoms with Crippen molar-refractivity contribution in [3.8, 4) is 0 Å². The van der Waals surface area contributed by atoms with Crippen molar-refractivity contribution in [2.75, 3.05) is 0 Å². The van der Waals surface area contributed by atoms with Crippen LogP contribution in [-0.2, 0) is 16.6 Å². The van der Waals surface area contributed by atoms with E-state index < -0.39 is 28.3 Å². The molecule has 1 nitrogen and oxygen atoms in total. The lowest BCUT2D eigenvalue weighted by atomic mass is 10.2. The lowest BCUT2D eigenvalue weighted by Gasteiger charge is -2.04. The van der Waals surface area contributed by atoms with E-state index in [-0.39, 0.29) is 16.2 Å². The number of rotatable bonds is 3. The normalized spacial score (nSPS) is 12.4. The summed E-state index contributed by atoms with van der Waals surface area (Å²) in [5.74, 6) is -2.20. The topological polar surface area (TPSA) is 17.1 Å². The highest BCUT2D eigenvalue weighted by Gasteiger charge is 2.11. The zero-order valence-corrected chi connectivity index (χ0v) is 10.0. The number of hydrogen-bond donors (Lipinski definition) is 0. The van der Waals surface area contributed by atoms with Crippen LogP contribution < -0.4 is 0 Å². The molecule has 94 valence electrons. The largest absolute Gasteiger partial charge is 0.254 e. The third-order valence-electron chi connectivity index (χ3n) is 2.30. The first kappa shape index (κ1) is 12.8. The Bertz CT molecular complexity index is 578. The van der Waals surface area contributed by atoms with Crippen LogP contribution >= 0.6 is 0 Å². The molecule has 2 aromatic rings. The summed E-state index contributed by atoms with van der Waals surface area (Å²) in [5.41, 5.74) is 0.231. The number of benzene rings is 2. The summed E-state index contributed by atoms with van der Waals surface area (Å²) in [7, 11) is -1.67. The molecule has 0 aliphatic rings. The second-order valence-electron chi connectivity index (χ2n) is 3.70. The van der Waals surface area contributed by atoms with Crippen LogP contribution in [0.3, 0.4) is 0 Å². The molecule has 0 aliphatic heterocycles. The van der Waals surface area contributed by atoms with Crippen LogP contribution in [0.5, 0.6) is 0 Å². The van der Waals surface area contributed by atoms with Gasteiger partial charge >= 0.3 is 0 Å². The minimum Gasteiger partial charge on any atom is -0.254 e. The summed E-state index contributed by atoms with van der Waals surface area (Å²) in [5, 5.41) is 0. The zero-order chi connectivity index (χ0) is 13.1. The summed E-state index contributed by atoms with van der Waals surface area (Å²) in [6, 6.07) is 8.53. The quantitative estimate of drug-likeness (QED) is 0.835. The number of halogens is 3. The van der Waals surface area contributed by atoms with Gasteiger partial charge in [0, 0.05) is 6.07 Å². The minimum absolute atomic E-state index is 0.0298. The molecule has 18 heavy (non-hydrogen) atoms. The smallest absolute Gasteiger partial charge is 0.139 e. The van der Waals surface area contributed by atoms with Gasteiger partial charge in [-0.2, -0.15) is 0 Å². The van der Waals surface area contributed by atoms with E-state index in [1.807, 2.05) is 0 Å². The fourth-order valence-corrected chi connectivity index (χ4v) is 2.69. The molecule has 0 heterocycles. The summed E-state index contributed by atoms with van der Waals surface area (Å²) < 4.78 is 51.1. The molecule has 0 radical (unpaired) electrons. The molecule has 5 heteroatoms. The summed E-state index contributed by atoms with van der Waals surface area (Å²) in [6.07, 6.45) is 0. The molecule has 0 amide bonds. The molecule has 2 aromatic carbocycles. The lowest BCUT2D eigenvalue weighted by Crippen LogP contribution is -2.00. The maximum atomic E-state index is 13.4. The van der Waals surface area contributed by atoms with E-state index in [0.29, 0.717) is 0 Å². The summed E-state index contributed by atoms with van der Waals surface area (Å²) in [4.78, 5) is 0.0298. The van der Waals surface area contributed by atoms with Crippen molar-refractivity contribution in [3.05, 3.63) is 65.5 Å². The standard InChI is InChI=1S/C13H9F3OS/c14-10-5-9(6-11(15)7-10)8-18(17)13-4-2-1-3-12(13)16/h1-7H,8H2. The van der Waals surface area contributed by atoms with E-state index in [1.165, 1.54) is 18.2 Å². The zero-order valence-electron chi connectivity index (χ0n) is 9.20. The average Bonchev–Trinajstić information content (AvgIpc) is 2.27. The molecular formula is C13H9F3OS. The lowest BCUT2D eigenvalue weighted by molar-refractivity contribution is 0.581. The van der Waals surface area contributed by atoms with Crippen LogP contribution in [0.1, 0.15) is 5.56 Å². The Morgan fingerprint density at radius 2 is 1.56 bits per heavy atom. The first-order valence-corrected chi connectivity index (χ1v) is 6.46. The predicted molar refractivity (Wildman–Crippen MR) is 62.9 cm³/mol. The molecule has 1 atom stereocenters. The maximum Gasteiger partial charge on any atom is 0.139 e. The van der Waals surface area contributed by atoms with Crippen molar-refractivity contribution < 1.29 is 17.4 Å². The van der Waals surface area contributed by atoms with Crippen LogP contribution in [0.4, 0.5) is 13.2 Å². The maximum absolute atomic E-state index is 13.4. The van der Waals surface area contributed by atoms with Gasteiger partial charge in [0.25, 0.3) is 0 Å². The number of hydrogen-bond acceptors (Lipinski definition) is 1. The van der Waals surface area contributed by atoms with Gasteiger partial charge < -0.3 is 0 Å². The monoisotopic (exact) mass is 270 g/mol. The van der Waals surface area contributed by atoms with Gasteiger partial charge in [0.15, 0.2) is 0 Å². The summed E-state index contributed by atoms with van der Waals surface area (Å²) in [6.45, 7) is 0. The van der Waals surface area contributed by atoms with Crippen LogP contribution in [0.25, 0.3) is 0 Å². The molecule has 2 rings (SSSR count). The predicted octanol–water partition coefficient (Wildman–Crippen LogP) is 3.41. The highest BCUT2D eigenvalue weighted by Crippen LogP contribution is 2.17. The van der Waals surface area contributed by atoms with E-state index in [0.717, 1.165) is 18.2 Å². The highest BCUT2D eigenvalue weighted by atomic mass is 32.2. The average molecular weight is 270 g/mol. The Hall–Kier alpha value is -1.62. The van der Waals surface area contributed by atoms with Crippen molar-refractivity contribution in [2.45, 2.75) is 10.6 Å². The summed E-state index contributed by atoms with van der Waals surface area (Å²) >= 11 is 0. The minimum atomic E-state index is -1.67. The van der Waals surface area contributed by atoms with Crippen LogP contribution in [0, 0.1) is 17.5 Å². The molecule has 0 saturated heterocycles. The third-order valence-corrected chi connectivity index (χ3v) is 3.72. The SMILES string of the molecule is O=S(Cc1cc(F)cc(F)c1)c1ccccc1F. The Morgan fingerprint density at radius 3 is 2.17 bits per heavy atom. The van der Waals surface area contributed by atoms with Gasteiger partial charge in [-0.05, 0) is 29.8 Å². The molecule has 0 aliphatic carbocycles. The fraction of sp³-hybridized carbons (Fsp3) is 0.0769. The molecule has 0 aromatic heterocycles. The van der Waals surface area contributed by atoms with Crippen molar-refractivity contribution >= 4 is 10.8 Å². The third kappa shape index (κ3) is 2.98. The van der Waals surface area contributed by atoms with Gasteiger partial charge in [-0.15, -0.1) is 0 Å². The van der Waals surface area contributed by atoms with Gasteiger partial charge in [0.1, 0.15) is 17.5 Å². The second kappa shape index (κ2) is 5.35.